The molecular weight excluding hydrogens is 433 g/mol. The van der Waals surface area contributed by atoms with Gasteiger partial charge in [-0.3, -0.25) is 4.99 Å². The summed E-state index contributed by atoms with van der Waals surface area (Å²) >= 11 is 0. The van der Waals surface area contributed by atoms with Gasteiger partial charge in [0.15, 0.2) is 5.96 Å². The Balaban J connectivity index is 0.00000225. The highest BCUT2D eigenvalue weighted by molar-refractivity contribution is 14.0. The first kappa shape index (κ1) is 21.2. The lowest BCUT2D eigenvalue weighted by atomic mass is 10.1. The van der Waals surface area contributed by atoms with E-state index in [1.165, 1.54) is 25.7 Å². The van der Waals surface area contributed by atoms with Crippen molar-refractivity contribution in [3.05, 3.63) is 0 Å². The van der Waals surface area contributed by atoms with Crippen molar-refractivity contribution >= 4 is 29.9 Å². The predicted molar refractivity (Wildman–Crippen MR) is 110 cm³/mol. The summed E-state index contributed by atoms with van der Waals surface area (Å²) in [6, 6.07) is 0. The summed E-state index contributed by atoms with van der Waals surface area (Å²) in [5, 5.41) is 3.48. The van der Waals surface area contributed by atoms with Gasteiger partial charge in [0.25, 0.3) is 0 Å². The summed E-state index contributed by atoms with van der Waals surface area (Å²) < 4.78 is 17.6. The molecule has 146 valence electrons. The Labute approximate surface area is 169 Å². The zero-order valence-electron chi connectivity index (χ0n) is 15.5. The molecule has 0 aromatic rings. The second-order valence-electron chi connectivity index (χ2n) is 7.01. The van der Waals surface area contributed by atoms with Crippen LogP contribution in [0.15, 0.2) is 4.99 Å². The predicted octanol–water partition coefficient (Wildman–Crippen LogP) is 2.41. The van der Waals surface area contributed by atoms with E-state index in [0.717, 1.165) is 64.7 Å². The average molecular weight is 467 g/mol. The summed E-state index contributed by atoms with van der Waals surface area (Å²) in [6.45, 7) is 5.12. The molecule has 0 amide bonds. The van der Waals surface area contributed by atoms with Crippen molar-refractivity contribution in [2.24, 2.45) is 4.99 Å². The molecule has 3 fully saturated rings. The molecule has 1 aliphatic carbocycles. The highest BCUT2D eigenvalue weighted by Gasteiger charge is 2.32. The second-order valence-corrected chi connectivity index (χ2v) is 7.01. The Bertz CT molecular complexity index is 399. The first-order valence-corrected chi connectivity index (χ1v) is 9.67. The number of halogens is 1. The maximum absolute atomic E-state index is 5.92. The molecule has 0 aromatic heterocycles. The van der Waals surface area contributed by atoms with Crippen LogP contribution in [-0.2, 0) is 14.2 Å². The molecular formula is C18H34IN3O3. The van der Waals surface area contributed by atoms with E-state index in [-0.39, 0.29) is 36.2 Å². The summed E-state index contributed by atoms with van der Waals surface area (Å²) in [5.74, 6) is 0.974. The van der Waals surface area contributed by atoms with E-state index < -0.39 is 0 Å². The van der Waals surface area contributed by atoms with Crippen LogP contribution in [0, 0.1) is 0 Å². The van der Waals surface area contributed by atoms with Crippen molar-refractivity contribution in [1.82, 2.24) is 10.2 Å². The molecule has 7 heteroatoms. The fourth-order valence-corrected chi connectivity index (χ4v) is 3.90. The van der Waals surface area contributed by atoms with Gasteiger partial charge in [-0.15, -0.1) is 24.0 Å². The monoisotopic (exact) mass is 467 g/mol. The molecule has 2 atom stereocenters. The van der Waals surface area contributed by atoms with Crippen LogP contribution in [0.4, 0.5) is 0 Å². The van der Waals surface area contributed by atoms with Gasteiger partial charge in [0.05, 0.1) is 18.8 Å². The van der Waals surface area contributed by atoms with Gasteiger partial charge in [-0.1, -0.05) is 12.8 Å². The number of nitrogens with zero attached hydrogens (tertiary/aromatic N) is 2. The van der Waals surface area contributed by atoms with Crippen LogP contribution in [0.3, 0.4) is 0 Å². The van der Waals surface area contributed by atoms with Crippen molar-refractivity contribution in [3.8, 4) is 0 Å². The van der Waals surface area contributed by atoms with E-state index in [1.807, 2.05) is 7.05 Å². The molecule has 0 radical (unpaired) electrons. The molecule has 3 aliphatic rings. The fourth-order valence-electron chi connectivity index (χ4n) is 3.90. The van der Waals surface area contributed by atoms with Gasteiger partial charge in [-0.25, -0.2) is 0 Å². The molecule has 1 N–H and O–H groups in total. The third-order valence-electron chi connectivity index (χ3n) is 5.24. The summed E-state index contributed by atoms with van der Waals surface area (Å²) in [6.07, 6.45) is 9.38. The zero-order valence-corrected chi connectivity index (χ0v) is 17.8. The number of hydrogen-bond donors (Lipinski definition) is 1. The van der Waals surface area contributed by atoms with Crippen LogP contribution >= 0.6 is 24.0 Å². The number of morpholine rings is 1. The van der Waals surface area contributed by atoms with Crippen LogP contribution in [0.25, 0.3) is 0 Å². The standard InChI is InChI=1S/C18H33N3O3.HI/c1-19-18(20-9-5-12-22-15-6-2-3-7-15)21-10-13-24-17(14-21)16-8-4-11-23-16;/h15-17H,2-14H2,1H3,(H,19,20);1H. The molecule has 1 saturated carbocycles. The molecule has 3 rings (SSSR count). The molecule has 6 nitrogen and oxygen atoms in total. The van der Waals surface area contributed by atoms with Crippen molar-refractivity contribution in [1.29, 1.82) is 0 Å². The van der Waals surface area contributed by atoms with Gasteiger partial charge < -0.3 is 24.4 Å². The highest BCUT2D eigenvalue weighted by atomic mass is 127. The molecule has 2 aliphatic heterocycles. The first-order valence-electron chi connectivity index (χ1n) is 9.67. The Morgan fingerprint density at radius 2 is 1.92 bits per heavy atom. The molecule has 2 heterocycles. The second kappa shape index (κ2) is 11.6. The number of aliphatic imine (C=N–C) groups is 1. The van der Waals surface area contributed by atoms with Gasteiger partial charge in [0.2, 0.25) is 0 Å². The van der Waals surface area contributed by atoms with E-state index in [2.05, 4.69) is 15.2 Å². The average Bonchev–Trinajstić information content (AvgIpc) is 3.32. The van der Waals surface area contributed by atoms with Crippen LogP contribution in [0.1, 0.15) is 44.9 Å². The number of rotatable bonds is 6. The lowest BCUT2D eigenvalue weighted by molar-refractivity contribution is -0.0817. The van der Waals surface area contributed by atoms with Gasteiger partial charge in [0.1, 0.15) is 6.10 Å². The Kier molecular flexibility index (Phi) is 9.80. The molecule has 2 unspecified atom stereocenters. The van der Waals surface area contributed by atoms with Crippen LogP contribution in [-0.4, -0.2) is 75.7 Å². The van der Waals surface area contributed by atoms with E-state index in [9.17, 15) is 0 Å². The minimum absolute atomic E-state index is 0. The third kappa shape index (κ3) is 6.52. The fraction of sp³-hybridized carbons (Fsp3) is 0.944. The highest BCUT2D eigenvalue weighted by Crippen LogP contribution is 2.21. The van der Waals surface area contributed by atoms with E-state index in [1.54, 1.807) is 0 Å². The summed E-state index contributed by atoms with van der Waals surface area (Å²) in [7, 11) is 1.86. The van der Waals surface area contributed by atoms with Gasteiger partial charge >= 0.3 is 0 Å². The van der Waals surface area contributed by atoms with Gasteiger partial charge in [-0.2, -0.15) is 0 Å². The van der Waals surface area contributed by atoms with Crippen LogP contribution in [0.5, 0.6) is 0 Å². The van der Waals surface area contributed by atoms with Gasteiger partial charge in [0, 0.05) is 39.9 Å². The maximum atomic E-state index is 5.92. The Morgan fingerprint density at radius 3 is 2.64 bits per heavy atom. The van der Waals surface area contributed by atoms with Crippen LogP contribution < -0.4 is 5.32 Å². The zero-order chi connectivity index (χ0) is 16.6. The van der Waals surface area contributed by atoms with Crippen molar-refractivity contribution in [2.45, 2.75) is 63.3 Å². The Morgan fingerprint density at radius 1 is 1.12 bits per heavy atom. The topological polar surface area (TPSA) is 55.3 Å². The molecule has 0 spiro atoms. The molecule has 0 aromatic carbocycles. The van der Waals surface area contributed by atoms with Crippen molar-refractivity contribution in [2.75, 3.05) is 46.5 Å². The Hall–Kier alpha value is -0.120. The van der Waals surface area contributed by atoms with Crippen LogP contribution in [0.2, 0.25) is 0 Å². The molecule has 25 heavy (non-hydrogen) atoms. The lowest BCUT2D eigenvalue weighted by Gasteiger charge is -2.37. The van der Waals surface area contributed by atoms with E-state index in [4.69, 9.17) is 14.2 Å². The van der Waals surface area contributed by atoms with Crippen molar-refractivity contribution in [3.63, 3.8) is 0 Å². The molecule has 2 saturated heterocycles. The van der Waals surface area contributed by atoms with E-state index in [0.29, 0.717) is 6.10 Å². The summed E-state index contributed by atoms with van der Waals surface area (Å²) in [4.78, 5) is 6.74. The normalized spacial score (nSPS) is 28.2. The number of guanidine groups is 1. The van der Waals surface area contributed by atoms with Crippen molar-refractivity contribution < 1.29 is 14.2 Å². The first-order chi connectivity index (χ1) is 11.9. The summed E-state index contributed by atoms with van der Waals surface area (Å²) in [5.41, 5.74) is 0. The number of nitrogens with one attached hydrogen (secondary N) is 1. The minimum atomic E-state index is 0. The SMILES string of the molecule is CN=C(NCCCOC1CCCC1)N1CCOC(C2CCCO2)C1.I. The largest absolute Gasteiger partial charge is 0.378 e. The maximum Gasteiger partial charge on any atom is 0.193 e. The smallest absolute Gasteiger partial charge is 0.193 e. The quantitative estimate of drug-likeness (QED) is 0.282. The number of ether oxygens (including phenoxy) is 3. The third-order valence-corrected chi connectivity index (χ3v) is 5.24. The number of hydrogen-bond acceptors (Lipinski definition) is 4. The van der Waals surface area contributed by atoms with E-state index >= 15 is 0 Å². The van der Waals surface area contributed by atoms with Gasteiger partial charge in [-0.05, 0) is 32.1 Å². The lowest BCUT2D eigenvalue weighted by Crippen LogP contribution is -2.53. The minimum Gasteiger partial charge on any atom is -0.378 e. The molecule has 0 bridgehead atoms.